The number of ether oxygens (including phenoxy) is 1. The molecule has 1 aromatic rings. The van der Waals surface area contributed by atoms with Crippen LogP contribution in [-0.2, 0) is 4.74 Å². The van der Waals surface area contributed by atoms with Crippen molar-refractivity contribution in [2.45, 2.75) is 37.7 Å². The van der Waals surface area contributed by atoms with Crippen molar-refractivity contribution in [1.29, 1.82) is 0 Å². The Kier molecular flexibility index (Phi) is 3.20. The molecule has 1 aliphatic rings. The van der Waals surface area contributed by atoms with Crippen molar-refractivity contribution in [1.82, 2.24) is 0 Å². The number of rotatable bonds is 2. The van der Waals surface area contributed by atoms with Gasteiger partial charge in [0.15, 0.2) is 0 Å². The molecule has 0 aliphatic heterocycles. The molecule has 1 nitrogen and oxygen atoms in total. The average molecular weight is 190 g/mol. The first-order valence-electron chi connectivity index (χ1n) is 5.48. The van der Waals surface area contributed by atoms with E-state index in [-0.39, 0.29) is 0 Å². The average Bonchev–Trinajstić information content (AvgIpc) is 2.30. The van der Waals surface area contributed by atoms with Gasteiger partial charge in [-0.15, -0.1) is 0 Å². The molecule has 1 aromatic carbocycles. The van der Waals surface area contributed by atoms with E-state index in [2.05, 4.69) is 30.3 Å². The van der Waals surface area contributed by atoms with Gasteiger partial charge in [0.25, 0.3) is 0 Å². The molecular weight excluding hydrogens is 172 g/mol. The summed E-state index contributed by atoms with van der Waals surface area (Å²) >= 11 is 0. The van der Waals surface area contributed by atoms with Gasteiger partial charge in [-0.05, 0) is 37.2 Å². The van der Waals surface area contributed by atoms with E-state index in [9.17, 15) is 0 Å². The maximum Gasteiger partial charge on any atom is 0.0571 e. The van der Waals surface area contributed by atoms with Crippen LogP contribution in [0.2, 0.25) is 0 Å². The fourth-order valence-electron chi connectivity index (χ4n) is 2.36. The van der Waals surface area contributed by atoms with Gasteiger partial charge in [-0.1, -0.05) is 30.3 Å². The molecule has 0 atom stereocenters. The van der Waals surface area contributed by atoms with E-state index in [1.165, 1.54) is 31.2 Å². The van der Waals surface area contributed by atoms with Gasteiger partial charge in [0, 0.05) is 7.11 Å². The molecule has 0 bridgehead atoms. The molecule has 0 amide bonds. The van der Waals surface area contributed by atoms with E-state index in [1.807, 2.05) is 7.11 Å². The highest BCUT2D eigenvalue weighted by molar-refractivity contribution is 5.19. The summed E-state index contributed by atoms with van der Waals surface area (Å²) in [6, 6.07) is 10.9. The molecule has 0 saturated heterocycles. The van der Waals surface area contributed by atoms with Crippen LogP contribution >= 0.6 is 0 Å². The van der Waals surface area contributed by atoms with E-state index in [1.54, 1.807) is 0 Å². The molecule has 76 valence electrons. The fraction of sp³-hybridized carbons (Fsp3) is 0.538. The van der Waals surface area contributed by atoms with Crippen LogP contribution in [0.5, 0.6) is 0 Å². The Hall–Kier alpha value is -0.820. The highest BCUT2D eigenvalue weighted by Gasteiger charge is 2.21. The Bertz CT molecular complexity index is 260. The summed E-state index contributed by atoms with van der Waals surface area (Å²) in [6.07, 6.45) is 5.51. The lowest BCUT2D eigenvalue weighted by Gasteiger charge is -2.27. The number of benzene rings is 1. The molecule has 0 N–H and O–H groups in total. The predicted molar refractivity (Wildman–Crippen MR) is 58.4 cm³/mol. The maximum atomic E-state index is 5.38. The van der Waals surface area contributed by atoms with E-state index >= 15 is 0 Å². The van der Waals surface area contributed by atoms with Gasteiger partial charge in [-0.25, -0.2) is 0 Å². The van der Waals surface area contributed by atoms with Crippen molar-refractivity contribution in [3.8, 4) is 0 Å². The SMILES string of the molecule is COC1CCC(c2ccccc2)CC1. The molecule has 1 aliphatic carbocycles. The van der Waals surface area contributed by atoms with Crippen LogP contribution in [0.3, 0.4) is 0 Å². The van der Waals surface area contributed by atoms with Crippen LogP contribution in [0, 0.1) is 0 Å². The molecule has 14 heavy (non-hydrogen) atoms. The minimum Gasteiger partial charge on any atom is -0.381 e. The van der Waals surface area contributed by atoms with E-state index in [0.29, 0.717) is 6.10 Å². The van der Waals surface area contributed by atoms with Gasteiger partial charge in [-0.3, -0.25) is 0 Å². The predicted octanol–water partition coefficient (Wildman–Crippen LogP) is 3.36. The third-order valence-corrected chi connectivity index (χ3v) is 3.28. The normalized spacial score (nSPS) is 27.5. The van der Waals surface area contributed by atoms with Gasteiger partial charge >= 0.3 is 0 Å². The van der Waals surface area contributed by atoms with Gasteiger partial charge < -0.3 is 4.74 Å². The van der Waals surface area contributed by atoms with Gasteiger partial charge in [0.2, 0.25) is 0 Å². The van der Waals surface area contributed by atoms with Crippen molar-refractivity contribution in [3.05, 3.63) is 35.9 Å². The summed E-state index contributed by atoms with van der Waals surface area (Å²) < 4.78 is 5.38. The van der Waals surface area contributed by atoms with Crippen molar-refractivity contribution in [2.24, 2.45) is 0 Å². The second-order valence-corrected chi connectivity index (χ2v) is 4.12. The van der Waals surface area contributed by atoms with Gasteiger partial charge in [0.05, 0.1) is 6.10 Å². The first-order chi connectivity index (χ1) is 6.90. The lowest BCUT2D eigenvalue weighted by atomic mass is 9.83. The molecule has 0 spiro atoms. The Morgan fingerprint density at radius 1 is 1.00 bits per heavy atom. The second-order valence-electron chi connectivity index (χ2n) is 4.12. The fourth-order valence-corrected chi connectivity index (χ4v) is 2.36. The highest BCUT2D eigenvalue weighted by atomic mass is 16.5. The Morgan fingerprint density at radius 2 is 1.64 bits per heavy atom. The topological polar surface area (TPSA) is 9.23 Å². The molecular formula is C13H18O. The van der Waals surface area contributed by atoms with Crippen molar-refractivity contribution in [3.63, 3.8) is 0 Å². The van der Waals surface area contributed by atoms with Crippen LogP contribution in [0.1, 0.15) is 37.2 Å². The summed E-state index contributed by atoms with van der Waals surface area (Å²) in [5, 5.41) is 0. The Balaban J connectivity index is 1.96. The third kappa shape index (κ3) is 2.16. The standard InChI is InChI=1S/C13H18O/c1-14-13-9-7-12(8-10-13)11-5-3-2-4-6-11/h2-6,12-13H,7-10H2,1H3. The molecule has 0 unspecified atom stereocenters. The molecule has 1 heteroatoms. The van der Waals surface area contributed by atoms with Crippen molar-refractivity contribution >= 4 is 0 Å². The smallest absolute Gasteiger partial charge is 0.0571 e. The van der Waals surface area contributed by atoms with Gasteiger partial charge in [-0.2, -0.15) is 0 Å². The monoisotopic (exact) mass is 190 g/mol. The highest BCUT2D eigenvalue weighted by Crippen LogP contribution is 2.33. The summed E-state index contributed by atoms with van der Waals surface area (Å²) in [7, 11) is 1.83. The van der Waals surface area contributed by atoms with Crippen LogP contribution < -0.4 is 0 Å². The summed E-state index contributed by atoms with van der Waals surface area (Å²) in [5.41, 5.74) is 1.50. The van der Waals surface area contributed by atoms with E-state index < -0.39 is 0 Å². The minimum atomic E-state index is 0.509. The Labute approximate surface area is 86.1 Å². The quantitative estimate of drug-likeness (QED) is 0.695. The number of hydrogen-bond acceptors (Lipinski definition) is 1. The second kappa shape index (κ2) is 4.61. The largest absolute Gasteiger partial charge is 0.381 e. The number of methoxy groups -OCH3 is 1. The summed E-state index contributed by atoms with van der Waals surface area (Å²) in [5.74, 6) is 0.766. The molecule has 0 aromatic heterocycles. The third-order valence-electron chi connectivity index (χ3n) is 3.28. The van der Waals surface area contributed by atoms with Gasteiger partial charge in [0.1, 0.15) is 0 Å². The molecule has 0 radical (unpaired) electrons. The minimum absolute atomic E-state index is 0.509. The molecule has 1 saturated carbocycles. The molecule has 2 rings (SSSR count). The Morgan fingerprint density at radius 3 is 2.21 bits per heavy atom. The first kappa shape index (κ1) is 9.72. The molecule has 0 heterocycles. The van der Waals surface area contributed by atoms with Crippen LogP contribution in [0.4, 0.5) is 0 Å². The first-order valence-corrected chi connectivity index (χ1v) is 5.48. The van der Waals surface area contributed by atoms with E-state index in [0.717, 1.165) is 5.92 Å². The maximum absolute atomic E-state index is 5.38. The van der Waals surface area contributed by atoms with E-state index in [4.69, 9.17) is 4.74 Å². The van der Waals surface area contributed by atoms with Crippen molar-refractivity contribution in [2.75, 3.05) is 7.11 Å². The lowest BCUT2D eigenvalue weighted by molar-refractivity contribution is 0.0659. The zero-order chi connectivity index (χ0) is 9.80. The molecule has 1 fully saturated rings. The summed E-state index contributed by atoms with van der Waals surface area (Å²) in [4.78, 5) is 0. The zero-order valence-corrected chi connectivity index (χ0v) is 8.78. The van der Waals surface area contributed by atoms with Crippen LogP contribution in [-0.4, -0.2) is 13.2 Å². The zero-order valence-electron chi connectivity index (χ0n) is 8.78. The van der Waals surface area contributed by atoms with Crippen LogP contribution in [0.25, 0.3) is 0 Å². The lowest BCUT2D eigenvalue weighted by Crippen LogP contribution is -2.19. The van der Waals surface area contributed by atoms with Crippen molar-refractivity contribution < 1.29 is 4.74 Å². The van der Waals surface area contributed by atoms with Crippen LogP contribution in [0.15, 0.2) is 30.3 Å². The summed E-state index contributed by atoms with van der Waals surface area (Å²) in [6.45, 7) is 0. The number of hydrogen-bond donors (Lipinski definition) is 0.